The SMILES string of the molecule is CC(CC(=O)N[C@@H](CS(=O)(=O)O)C(=O)O)CC(=O)c1ccccc1. The Labute approximate surface area is 139 Å². The normalized spacial score (nSPS) is 13.8. The molecule has 0 radical (unpaired) electrons. The Morgan fingerprint density at radius 2 is 1.71 bits per heavy atom. The average Bonchev–Trinajstić information content (AvgIpc) is 2.45. The van der Waals surface area contributed by atoms with Gasteiger partial charge in [-0.1, -0.05) is 37.3 Å². The molecule has 1 aromatic rings. The van der Waals surface area contributed by atoms with Gasteiger partial charge in [-0.15, -0.1) is 0 Å². The molecule has 24 heavy (non-hydrogen) atoms. The summed E-state index contributed by atoms with van der Waals surface area (Å²) in [5.74, 6) is -3.92. The van der Waals surface area contributed by atoms with E-state index in [1.807, 2.05) is 5.32 Å². The van der Waals surface area contributed by atoms with Crippen LogP contribution in [0, 0.1) is 5.92 Å². The second kappa shape index (κ2) is 8.55. The van der Waals surface area contributed by atoms with E-state index < -0.39 is 33.8 Å². The molecule has 0 bridgehead atoms. The first-order chi connectivity index (χ1) is 11.1. The molecule has 8 nitrogen and oxygen atoms in total. The Balaban J connectivity index is 2.56. The van der Waals surface area contributed by atoms with Crippen molar-refractivity contribution in [2.24, 2.45) is 5.92 Å². The Bertz CT molecular complexity index is 700. The number of hydrogen-bond donors (Lipinski definition) is 3. The Hall–Kier alpha value is -2.26. The van der Waals surface area contributed by atoms with Crippen LogP contribution in [-0.2, 0) is 19.7 Å². The van der Waals surface area contributed by atoms with Crippen molar-refractivity contribution in [2.45, 2.75) is 25.8 Å². The van der Waals surface area contributed by atoms with E-state index in [1.165, 1.54) is 0 Å². The highest BCUT2D eigenvalue weighted by atomic mass is 32.2. The minimum atomic E-state index is -4.55. The van der Waals surface area contributed by atoms with Crippen molar-refractivity contribution < 1.29 is 32.5 Å². The lowest BCUT2D eigenvalue weighted by Crippen LogP contribution is -2.45. The van der Waals surface area contributed by atoms with E-state index in [1.54, 1.807) is 37.3 Å². The van der Waals surface area contributed by atoms with Crippen molar-refractivity contribution in [2.75, 3.05) is 5.75 Å². The molecular weight excluding hydrogens is 338 g/mol. The zero-order chi connectivity index (χ0) is 18.3. The molecule has 1 amide bonds. The molecule has 0 aliphatic heterocycles. The van der Waals surface area contributed by atoms with E-state index in [0.717, 1.165) is 0 Å². The summed E-state index contributed by atoms with van der Waals surface area (Å²) in [4.78, 5) is 34.7. The molecule has 0 aliphatic carbocycles. The molecule has 0 saturated heterocycles. The lowest BCUT2D eigenvalue weighted by molar-refractivity contribution is -0.141. The molecule has 1 rings (SSSR count). The summed E-state index contributed by atoms with van der Waals surface area (Å²) >= 11 is 0. The Kier molecular flexibility index (Phi) is 7.05. The number of carbonyl (C=O) groups is 3. The molecule has 2 atom stereocenters. The van der Waals surface area contributed by atoms with Crippen molar-refractivity contribution >= 4 is 27.8 Å². The molecule has 9 heteroatoms. The predicted molar refractivity (Wildman–Crippen MR) is 85.2 cm³/mol. The number of benzene rings is 1. The number of carbonyl (C=O) groups excluding carboxylic acids is 2. The van der Waals surface area contributed by atoms with Gasteiger partial charge in [-0.25, -0.2) is 4.79 Å². The van der Waals surface area contributed by atoms with Gasteiger partial charge in [-0.3, -0.25) is 14.1 Å². The van der Waals surface area contributed by atoms with Gasteiger partial charge in [0.15, 0.2) is 5.78 Å². The number of aliphatic carboxylic acids is 1. The molecular formula is C15H19NO7S. The van der Waals surface area contributed by atoms with Crippen LogP contribution in [0.4, 0.5) is 0 Å². The maximum Gasteiger partial charge on any atom is 0.327 e. The van der Waals surface area contributed by atoms with E-state index >= 15 is 0 Å². The number of Topliss-reactive ketones (excluding diaryl/α,β-unsaturated/α-hetero) is 1. The number of ketones is 1. The summed E-state index contributed by atoms with van der Waals surface area (Å²) in [5, 5.41) is 10.9. The minimum Gasteiger partial charge on any atom is -0.480 e. The third kappa shape index (κ3) is 7.34. The molecule has 3 N–H and O–H groups in total. The topological polar surface area (TPSA) is 138 Å². The average molecular weight is 357 g/mol. The van der Waals surface area contributed by atoms with E-state index in [2.05, 4.69) is 0 Å². The van der Waals surface area contributed by atoms with Gasteiger partial charge in [-0.05, 0) is 5.92 Å². The standard InChI is InChI=1S/C15H19NO7S/c1-10(7-13(17)11-5-3-2-4-6-11)8-14(18)16-12(15(19)20)9-24(21,22)23/h2-6,10,12H,7-9H2,1H3,(H,16,18)(H,19,20)(H,21,22,23)/t10?,12-/m0/s1. The van der Waals surface area contributed by atoms with E-state index in [0.29, 0.717) is 5.56 Å². The molecule has 0 aromatic heterocycles. The van der Waals surface area contributed by atoms with Gasteiger partial charge < -0.3 is 10.4 Å². The quantitative estimate of drug-likeness (QED) is 0.438. The molecule has 0 spiro atoms. The number of nitrogens with one attached hydrogen (secondary N) is 1. The van der Waals surface area contributed by atoms with E-state index in [9.17, 15) is 22.8 Å². The van der Waals surface area contributed by atoms with E-state index in [-0.39, 0.29) is 24.5 Å². The van der Waals surface area contributed by atoms with Crippen molar-refractivity contribution in [3.8, 4) is 0 Å². The molecule has 0 saturated carbocycles. The zero-order valence-corrected chi connectivity index (χ0v) is 13.8. The van der Waals surface area contributed by atoms with Crippen LogP contribution in [0.2, 0.25) is 0 Å². The lowest BCUT2D eigenvalue weighted by atomic mass is 9.97. The fourth-order valence-electron chi connectivity index (χ4n) is 2.09. The van der Waals surface area contributed by atoms with Crippen molar-refractivity contribution in [3.05, 3.63) is 35.9 Å². The third-order valence-electron chi connectivity index (χ3n) is 3.17. The molecule has 0 fully saturated rings. The van der Waals surface area contributed by atoms with Gasteiger partial charge >= 0.3 is 5.97 Å². The summed E-state index contributed by atoms with van der Waals surface area (Å²) in [7, 11) is -4.55. The largest absolute Gasteiger partial charge is 0.480 e. The van der Waals surface area contributed by atoms with Crippen LogP contribution in [0.5, 0.6) is 0 Å². The number of carboxylic acid groups (broad SMARTS) is 1. The minimum absolute atomic E-state index is 0.0907. The molecule has 0 heterocycles. The number of amides is 1. The summed E-state index contributed by atoms with van der Waals surface area (Å²) in [5.41, 5.74) is 0.513. The van der Waals surface area contributed by atoms with Gasteiger partial charge in [0, 0.05) is 18.4 Å². The lowest BCUT2D eigenvalue weighted by Gasteiger charge is -2.15. The summed E-state index contributed by atoms with van der Waals surface area (Å²) in [6, 6.07) is 6.78. The fraction of sp³-hybridized carbons (Fsp3) is 0.400. The summed E-state index contributed by atoms with van der Waals surface area (Å²) < 4.78 is 30.2. The second-order valence-electron chi connectivity index (χ2n) is 5.51. The summed E-state index contributed by atoms with van der Waals surface area (Å²) in [6.07, 6.45) is -0.0543. The van der Waals surface area contributed by atoms with Crippen LogP contribution < -0.4 is 5.32 Å². The van der Waals surface area contributed by atoms with Gasteiger partial charge in [0.2, 0.25) is 5.91 Å². The maximum atomic E-state index is 12.0. The second-order valence-corrected chi connectivity index (χ2v) is 7.01. The van der Waals surface area contributed by atoms with Gasteiger partial charge in [-0.2, -0.15) is 8.42 Å². The van der Waals surface area contributed by atoms with Crippen molar-refractivity contribution in [3.63, 3.8) is 0 Å². The van der Waals surface area contributed by atoms with Crippen molar-refractivity contribution in [1.29, 1.82) is 0 Å². The highest BCUT2D eigenvalue weighted by Crippen LogP contribution is 2.13. The van der Waals surface area contributed by atoms with Crippen LogP contribution in [0.3, 0.4) is 0 Å². The zero-order valence-electron chi connectivity index (χ0n) is 13.0. The van der Waals surface area contributed by atoms with Gasteiger partial charge in [0.25, 0.3) is 10.1 Å². The van der Waals surface area contributed by atoms with Crippen LogP contribution in [0.1, 0.15) is 30.1 Å². The molecule has 0 aliphatic rings. The fourth-order valence-corrected chi connectivity index (χ4v) is 2.73. The van der Waals surface area contributed by atoms with Crippen molar-refractivity contribution in [1.82, 2.24) is 5.32 Å². The summed E-state index contributed by atoms with van der Waals surface area (Å²) in [6.45, 7) is 1.65. The third-order valence-corrected chi connectivity index (χ3v) is 3.93. The number of hydrogen-bond acceptors (Lipinski definition) is 5. The molecule has 132 valence electrons. The molecule has 1 unspecified atom stereocenters. The van der Waals surface area contributed by atoms with E-state index in [4.69, 9.17) is 9.66 Å². The maximum absolute atomic E-state index is 12.0. The smallest absolute Gasteiger partial charge is 0.327 e. The number of rotatable bonds is 9. The van der Waals surface area contributed by atoms with Crippen LogP contribution in [0.25, 0.3) is 0 Å². The first kappa shape index (κ1) is 19.8. The van der Waals surface area contributed by atoms with Crippen LogP contribution >= 0.6 is 0 Å². The first-order valence-corrected chi connectivity index (χ1v) is 8.75. The van der Waals surface area contributed by atoms with Crippen LogP contribution in [-0.4, -0.2) is 47.5 Å². The Morgan fingerprint density at radius 1 is 1.12 bits per heavy atom. The van der Waals surface area contributed by atoms with Gasteiger partial charge in [0.05, 0.1) is 0 Å². The van der Waals surface area contributed by atoms with Gasteiger partial charge in [0.1, 0.15) is 11.8 Å². The highest BCUT2D eigenvalue weighted by Gasteiger charge is 2.26. The first-order valence-electron chi connectivity index (χ1n) is 7.14. The predicted octanol–water partition coefficient (Wildman–Crippen LogP) is 0.743. The monoisotopic (exact) mass is 357 g/mol. The Morgan fingerprint density at radius 3 is 2.21 bits per heavy atom. The highest BCUT2D eigenvalue weighted by molar-refractivity contribution is 7.85. The number of carboxylic acids is 1. The molecule has 1 aromatic carbocycles. The van der Waals surface area contributed by atoms with Crippen LogP contribution in [0.15, 0.2) is 30.3 Å².